The Labute approximate surface area is 337 Å². The molecule has 0 radical (unpaired) electrons. The molecule has 0 aliphatic carbocycles. The number of allylic oxidation sites excluding steroid dienone is 2. The first-order chi connectivity index (χ1) is 27.3. The molecular formula is C40H52F2N6O8Si2. The molecule has 2 aromatic carbocycles. The number of hydrogen-bond donors (Lipinski definition) is 2. The van der Waals surface area contributed by atoms with E-state index in [0.717, 1.165) is 36.4 Å². The van der Waals surface area contributed by atoms with Crippen molar-refractivity contribution in [3.63, 3.8) is 0 Å². The molecule has 4 aromatic rings. The fourth-order valence-electron chi connectivity index (χ4n) is 7.41. The van der Waals surface area contributed by atoms with Gasteiger partial charge in [0.15, 0.2) is 11.6 Å². The first kappa shape index (κ1) is 42.8. The first-order valence-electron chi connectivity index (χ1n) is 19.6. The van der Waals surface area contributed by atoms with Gasteiger partial charge >= 0.3 is 12.2 Å². The SMILES string of the molecule is C[Si](C)(C)CCOCn1c([C@@H]2CCCN2C(=O)O)nc2cc(C(=O)C=CC(=O)c3cc4nc([C@@H]5CCCN5C(=O)O)n(COCC[Si](C)(C)C)c4cc3F)c(F)cc21. The number of ether oxygens (including phenoxy) is 2. The van der Waals surface area contributed by atoms with E-state index in [1.807, 2.05) is 0 Å². The van der Waals surface area contributed by atoms with Crippen LogP contribution in [0, 0.1) is 11.6 Å². The number of carbonyl (C=O) groups is 4. The average molecular weight is 839 g/mol. The number of carbonyl (C=O) groups excluding carboxylic acids is 2. The highest BCUT2D eigenvalue weighted by molar-refractivity contribution is 6.76. The highest BCUT2D eigenvalue weighted by atomic mass is 28.3. The first-order valence-corrected chi connectivity index (χ1v) is 27.0. The Morgan fingerprint density at radius 2 is 1.07 bits per heavy atom. The number of likely N-dealkylation sites (tertiary alicyclic amines) is 2. The zero-order valence-electron chi connectivity index (χ0n) is 33.9. The van der Waals surface area contributed by atoms with Crippen LogP contribution in [0.5, 0.6) is 0 Å². The van der Waals surface area contributed by atoms with Gasteiger partial charge < -0.3 is 28.8 Å². The molecule has 2 aliphatic heterocycles. The maximum absolute atomic E-state index is 15.7. The number of ketones is 2. The molecule has 2 fully saturated rings. The molecule has 2 atom stereocenters. The molecule has 0 unspecified atom stereocenters. The zero-order chi connectivity index (χ0) is 42.1. The Morgan fingerprint density at radius 1 is 0.690 bits per heavy atom. The largest absolute Gasteiger partial charge is 0.465 e. The average Bonchev–Trinajstić information content (AvgIpc) is 3.94. The number of nitrogens with zero attached hydrogens (tertiary/aromatic N) is 6. The second kappa shape index (κ2) is 17.2. The number of halogens is 2. The minimum absolute atomic E-state index is 0.0150. The fourth-order valence-corrected chi connectivity index (χ4v) is 8.93. The highest BCUT2D eigenvalue weighted by Gasteiger charge is 2.36. The number of aromatic nitrogens is 4. The summed E-state index contributed by atoms with van der Waals surface area (Å²) < 4.78 is 46.8. The molecule has 0 bridgehead atoms. The summed E-state index contributed by atoms with van der Waals surface area (Å²) in [4.78, 5) is 62.9. The number of fused-ring (bicyclic) bond motifs is 2. The lowest BCUT2D eigenvalue weighted by Crippen LogP contribution is -2.30. The van der Waals surface area contributed by atoms with Crippen LogP contribution in [0.25, 0.3) is 22.1 Å². The Hall–Kier alpha value is -4.79. The van der Waals surface area contributed by atoms with Gasteiger partial charge in [0.05, 0.1) is 45.3 Å². The third-order valence-corrected chi connectivity index (χ3v) is 14.1. The van der Waals surface area contributed by atoms with Gasteiger partial charge in [-0.15, -0.1) is 0 Å². The third-order valence-electron chi connectivity index (χ3n) is 10.7. The van der Waals surface area contributed by atoms with Crippen LogP contribution >= 0.6 is 0 Å². The summed E-state index contributed by atoms with van der Waals surface area (Å²) in [6.07, 6.45) is 1.84. The lowest BCUT2D eigenvalue weighted by Gasteiger charge is -2.22. The van der Waals surface area contributed by atoms with E-state index >= 15 is 8.78 Å². The molecule has 312 valence electrons. The van der Waals surface area contributed by atoms with Crippen molar-refractivity contribution in [2.75, 3.05) is 26.3 Å². The number of amides is 2. The van der Waals surface area contributed by atoms with Gasteiger partial charge in [-0.3, -0.25) is 19.4 Å². The number of benzene rings is 2. The molecule has 0 saturated carbocycles. The van der Waals surface area contributed by atoms with E-state index in [2.05, 4.69) is 49.3 Å². The summed E-state index contributed by atoms with van der Waals surface area (Å²) in [6.45, 7) is 14.9. The van der Waals surface area contributed by atoms with Crippen molar-refractivity contribution in [2.24, 2.45) is 0 Å². The Morgan fingerprint density at radius 3 is 1.41 bits per heavy atom. The molecule has 2 aliphatic rings. The van der Waals surface area contributed by atoms with E-state index in [-0.39, 0.29) is 35.6 Å². The molecule has 4 heterocycles. The molecule has 2 amide bonds. The summed E-state index contributed by atoms with van der Waals surface area (Å²) in [6, 6.07) is 5.44. The van der Waals surface area contributed by atoms with Crippen molar-refractivity contribution in [2.45, 2.75) is 103 Å². The lowest BCUT2D eigenvalue weighted by atomic mass is 10.1. The lowest BCUT2D eigenvalue weighted by molar-refractivity contribution is 0.0832. The third kappa shape index (κ3) is 9.56. The van der Waals surface area contributed by atoms with Gasteiger partial charge in [-0.05, 0) is 62.1 Å². The molecule has 0 spiro atoms. The molecule has 2 aromatic heterocycles. The number of imidazole rings is 2. The van der Waals surface area contributed by atoms with Gasteiger partial charge in [0.1, 0.15) is 36.7 Å². The van der Waals surface area contributed by atoms with Crippen molar-refractivity contribution >= 4 is 62.0 Å². The fraction of sp³-hybridized carbons (Fsp3) is 0.500. The van der Waals surface area contributed by atoms with Crippen LogP contribution in [0.15, 0.2) is 36.4 Å². The van der Waals surface area contributed by atoms with Crippen LogP contribution in [0.2, 0.25) is 51.4 Å². The predicted octanol–water partition coefficient (Wildman–Crippen LogP) is 8.54. The maximum Gasteiger partial charge on any atom is 0.407 e. The Kier molecular flexibility index (Phi) is 12.7. The Balaban J connectivity index is 1.27. The van der Waals surface area contributed by atoms with Crippen molar-refractivity contribution in [1.82, 2.24) is 28.9 Å². The van der Waals surface area contributed by atoms with Crippen LogP contribution in [0.4, 0.5) is 18.4 Å². The van der Waals surface area contributed by atoms with Crippen LogP contribution in [0.1, 0.15) is 70.1 Å². The van der Waals surface area contributed by atoms with Gasteiger partial charge in [-0.2, -0.15) is 0 Å². The van der Waals surface area contributed by atoms with Crippen LogP contribution in [0.3, 0.4) is 0 Å². The normalized spacial score (nSPS) is 17.7. The standard InChI is InChI=1S/C40H52F2N6O8Si2/c1-57(2,3)17-15-55-23-47-33-21-27(41)25(19-29(33)43-37(47)31-9-7-13-45(31)39(51)52)35(49)11-12-36(50)26-20-30-34(22-28(26)42)48(24-56-16-18-58(4,5)6)38(44-30)32-10-8-14-46(32)40(53)54/h11-12,19-22,31-32H,7-10,13-18,23-24H2,1-6H3,(H,51,52)(H,53,54)/t31-,32-/m0/s1. The predicted molar refractivity (Wildman–Crippen MR) is 219 cm³/mol. The number of carboxylic acid groups (broad SMARTS) is 2. The molecule has 14 nitrogen and oxygen atoms in total. The minimum Gasteiger partial charge on any atom is -0.465 e. The van der Waals surface area contributed by atoms with Gasteiger partial charge in [-0.1, -0.05) is 39.3 Å². The monoisotopic (exact) mass is 838 g/mol. The van der Waals surface area contributed by atoms with Crippen molar-refractivity contribution in [3.05, 3.63) is 70.8 Å². The van der Waals surface area contributed by atoms with Gasteiger partial charge in [0, 0.05) is 54.6 Å². The van der Waals surface area contributed by atoms with Crippen molar-refractivity contribution in [3.8, 4) is 0 Å². The highest BCUT2D eigenvalue weighted by Crippen LogP contribution is 2.36. The summed E-state index contributed by atoms with van der Waals surface area (Å²) in [5.41, 5.74) is 0.412. The van der Waals surface area contributed by atoms with Gasteiger partial charge in [0.2, 0.25) is 0 Å². The summed E-state index contributed by atoms with van der Waals surface area (Å²) in [7, 11) is -2.83. The van der Waals surface area contributed by atoms with E-state index in [0.29, 0.717) is 74.7 Å². The van der Waals surface area contributed by atoms with Crippen molar-refractivity contribution in [1.29, 1.82) is 0 Å². The van der Waals surface area contributed by atoms with Gasteiger partial charge in [-0.25, -0.2) is 28.3 Å². The van der Waals surface area contributed by atoms with Crippen molar-refractivity contribution < 1.29 is 47.6 Å². The van der Waals surface area contributed by atoms with E-state index < -0.39 is 63.6 Å². The molecule has 58 heavy (non-hydrogen) atoms. The molecule has 2 saturated heterocycles. The quantitative estimate of drug-likeness (QED) is 0.0483. The molecule has 2 N–H and O–H groups in total. The van der Waals surface area contributed by atoms with Crippen LogP contribution < -0.4 is 0 Å². The van der Waals surface area contributed by atoms with E-state index in [1.54, 1.807) is 9.13 Å². The zero-order valence-corrected chi connectivity index (χ0v) is 35.9. The smallest absolute Gasteiger partial charge is 0.407 e. The van der Waals surface area contributed by atoms with Crippen LogP contribution in [-0.2, 0) is 22.9 Å². The second-order valence-electron chi connectivity index (χ2n) is 17.5. The summed E-state index contributed by atoms with van der Waals surface area (Å²) >= 11 is 0. The second-order valence-corrected chi connectivity index (χ2v) is 28.7. The Bertz CT molecular complexity index is 2110. The minimum atomic E-state index is -1.42. The molecule has 6 rings (SSSR count). The maximum atomic E-state index is 15.7. The topological polar surface area (TPSA) is 169 Å². The van der Waals surface area contributed by atoms with E-state index in [1.165, 1.54) is 21.9 Å². The van der Waals surface area contributed by atoms with Crippen LogP contribution in [-0.4, -0.2) is 105 Å². The van der Waals surface area contributed by atoms with E-state index in [4.69, 9.17) is 9.47 Å². The van der Waals surface area contributed by atoms with Gasteiger partial charge in [0.25, 0.3) is 0 Å². The number of hydrogen-bond acceptors (Lipinski definition) is 8. The van der Waals surface area contributed by atoms with E-state index in [9.17, 15) is 29.4 Å². The molecule has 18 heteroatoms. The summed E-state index contributed by atoms with van der Waals surface area (Å²) in [5.74, 6) is -2.72. The number of rotatable bonds is 16. The summed E-state index contributed by atoms with van der Waals surface area (Å²) in [5, 5.41) is 19.7. The molecular weight excluding hydrogens is 787 g/mol.